The minimum absolute atomic E-state index is 0.366. The van der Waals surface area contributed by atoms with Crippen LogP contribution in [0.3, 0.4) is 0 Å². The monoisotopic (exact) mass is 445 g/mol. The Morgan fingerprint density at radius 2 is 1.91 bits per heavy atom. The maximum Gasteiger partial charge on any atom is 0.191 e. The number of aromatic nitrogens is 2. The summed E-state index contributed by atoms with van der Waals surface area (Å²) in [6.07, 6.45) is 1.36. The molecule has 0 bridgehead atoms. The molecule has 0 saturated heterocycles. The molecule has 0 aliphatic carbocycles. The van der Waals surface area contributed by atoms with E-state index in [1.54, 1.807) is 4.68 Å². The van der Waals surface area contributed by atoms with E-state index < -0.39 is 0 Å². The summed E-state index contributed by atoms with van der Waals surface area (Å²) in [5, 5.41) is 20.6. The number of hydrogen-bond donors (Lipinski definition) is 3. The number of aliphatic imine (C=N–C) groups is 1. The molecule has 0 radical (unpaired) electrons. The molecule has 2 aromatic carbocycles. The number of nitrogen functional groups attached to an aromatic ring is 1. The van der Waals surface area contributed by atoms with Crippen molar-refractivity contribution in [1.29, 1.82) is 5.26 Å². The van der Waals surface area contributed by atoms with Crippen molar-refractivity contribution in [3.63, 3.8) is 0 Å². The van der Waals surface area contributed by atoms with E-state index >= 15 is 0 Å². The standard InChI is InChI=1S/C25H31N7O/c1-3-28-25(30-16-17-33-21-13-11-19(2)12-14-21)29-15-7-10-23-22(18-26)24(27)32(31-23)20-8-5-4-6-9-20/h4-6,8-9,11-14H,3,7,10,15-17,27H2,1-2H3,(H2,28,29,30). The number of nitrogens with zero attached hydrogens (tertiary/aromatic N) is 4. The summed E-state index contributed by atoms with van der Waals surface area (Å²) in [4.78, 5) is 4.62. The molecule has 0 spiro atoms. The van der Waals surface area contributed by atoms with Crippen LogP contribution in [0.15, 0.2) is 59.6 Å². The van der Waals surface area contributed by atoms with Gasteiger partial charge in [0, 0.05) is 13.1 Å². The highest BCUT2D eigenvalue weighted by atomic mass is 16.5. The van der Waals surface area contributed by atoms with E-state index in [0.717, 1.165) is 30.4 Å². The first-order valence-electron chi connectivity index (χ1n) is 11.2. The van der Waals surface area contributed by atoms with Crippen LogP contribution in [0.25, 0.3) is 5.69 Å². The van der Waals surface area contributed by atoms with Crippen molar-refractivity contribution in [1.82, 2.24) is 20.4 Å². The Labute approximate surface area is 195 Å². The summed E-state index contributed by atoms with van der Waals surface area (Å²) in [5.41, 5.74) is 9.34. The molecule has 0 unspecified atom stereocenters. The highest BCUT2D eigenvalue weighted by molar-refractivity contribution is 5.79. The third kappa shape index (κ3) is 6.74. The number of nitrogens with one attached hydrogen (secondary N) is 2. The van der Waals surface area contributed by atoms with Crippen molar-refractivity contribution in [2.75, 3.05) is 32.0 Å². The molecule has 3 aromatic rings. The SMILES string of the molecule is CCNC(=NCCCc1nn(-c2ccccc2)c(N)c1C#N)NCCOc1ccc(C)cc1. The van der Waals surface area contributed by atoms with Crippen LogP contribution >= 0.6 is 0 Å². The molecule has 0 aliphatic heterocycles. The summed E-state index contributed by atoms with van der Waals surface area (Å²) in [6, 6.07) is 19.8. The highest BCUT2D eigenvalue weighted by Gasteiger charge is 2.16. The zero-order valence-electron chi connectivity index (χ0n) is 19.2. The second kappa shape index (κ2) is 12.2. The second-order valence-corrected chi connectivity index (χ2v) is 7.52. The predicted octanol–water partition coefficient (Wildman–Crippen LogP) is 3.20. The lowest BCUT2D eigenvalue weighted by Crippen LogP contribution is -2.39. The smallest absolute Gasteiger partial charge is 0.191 e. The Balaban J connectivity index is 1.51. The number of benzene rings is 2. The molecule has 1 aromatic heterocycles. The van der Waals surface area contributed by atoms with Gasteiger partial charge in [0.25, 0.3) is 0 Å². The Morgan fingerprint density at radius 3 is 2.61 bits per heavy atom. The maximum atomic E-state index is 9.55. The van der Waals surface area contributed by atoms with Gasteiger partial charge in [-0.15, -0.1) is 0 Å². The number of para-hydroxylation sites is 1. The third-order valence-corrected chi connectivity index (χ3v) is 4.98. The number of nitriles is 1. The van der Waals surface area contributed by atoms with Gasteiger partial charge in [0.15, 0.2) is 5.96 Å². The molecular formula is C25H31N7O. The van der Waals surface area contributed by atoms with Crippen molar-refractivity contribution in [2.24, 2.45) is 4.99 Å². The van der Waals surface area contributed by atoms with Crippen molar-refractivity contribution >= 4 is 11.8 Å². The van der Waals surface area contributed by atoms with E-state index in [1.807, 2.05) is 61.5 Å². The quantitative estimate of drug-likeness (QED) is 0.251. The lowest BCUT2D eigenvalue weighted by atomic mass is 10.1. The largest absolute Gasteiger partial charge is 0.492 e. The van der Waals surface area contributed by atoms with Crippen LogP contribution in [-0.4, -0.2) is 42.0 Å². The van der Waals surface area contributed by atoms with Crippen molar-refractivity contribution in [2.45, 2.75) is 26.7 Å². The molecular weight excluding hydrogens is 414 g/mol. The lowest BCUT2D eigenvalue weighted by molar-refractivity contribution is 0.322. The first-order valence-corrected chi connectivity index (χ1v) is 11.2. The summed E-state index contributed by atoms with van der Waals surface area (Å²) in [6.45, 7) is 6.61. The fraction of sp³-hybridized carbons (Fsp3) is 0.320. The van der Waals surface area contributed by atoms with Crippen LogP contribution in [0.5, 0.6) is 5.75 Å². The van der Waals surface area contributed by atoms with Gasteiger partial charge in [-0.2, -0.15) is 10.4 Å². The Kier molecular flexibility index (Phi) is 8.71. The Hall–Kier alpha value is -3.99. The van der Waals surface area contributed by atoms with Gasteiger partial charge >= 0.3 is 0 Å². The summed E-state index contributed by atoms with van der Waals surface area (Å²) < 4.78 is 7.37. The molecule has 0 atom stereocenters. The van der Waals surface area contributed by atoms with E-state index in [4.69, 9.17) is 10.5 Å². The zero-order chi connectivity index (χ0) is 23.5. The van der Waals surface area contributed by atoms with Gasteiger partial charge in [-0.05, 0) is 51.0 Å². The van der Waals surface area contributed by atoms with Gasteiger partial charge in [-0.25, -0.2) is 4.68 Å². The van der Waals surface area contributed by atoms with Gasteiger partial charge in [0.05, 0.1) is 17.9 Å². The number of hydrogen-bond acceptors (Lipinski definition) is 5. The summed E-state index contributed by atoms with van der Waals surface area (Å²) >= 11 is 0. The lowest BCUT2D eigenvalue weighted by Gasteiger charge is -2.12. The average molecular weight is 446 g/mol. The van der Waals surface area contributed by atoms with Gasteiger partial charge in [0.2, 0.25) is 0 Å². The van der Waals surface area contributed by atoms with Crippen molar-refractivity contribution in [3.05, 3.63) is 71.4 Å². The highest BCUT2D eigenvalue weighted by Crippen LogP contribution is 2.21. The first-order chi connectivity index (χ1) is 16.1. The van der Waals surface area contributed by atoms with Crippen LogP contribution in [0, 0.1) is 18.3 Å². The minimum atomic E-state index is 0.366. The topological polar surface area (TPSA) is 113 Å². The fourth-order valence-electron chi connectivity index (χ4n) is 3.29. The normalized spacial score (nSPS) is 11.1. The summed E-state index contributed by atoms with van der Waals surface area (Å²) in [5.74, 6) is 1.96. The van der Waals surface area contributed by atoms with Crippen LogP contribution in [0.2, 0.25) is 0 Å². The predicted molar refractivity (Wildman–Crippen MR) is 132 cm³/mol. The van der Waals surface area contributed by atoms with Gasteiger partial charge in [0.1, 0.15) is 29.8 Å². The van der Waals surface area contributed by atoms with Crippen LogP contribution in [-0.2, 0) is 6.42 Å². The summed E-state index contributed by atoms with van der Waals surface area (Å²) in [7, 11) is 0. The molecule has 8 nitrogen and oxygen atoms in total. The molecule has 1 heterocycles. The van der Waals surface area contributed by atoms with E-state index in [0.29, 0.717) is 43.2 Å². The average Bonchev–Trinajstić information content (AvgIpc) is 3.16. The molecule has 8 heteroatoms. The fourth-order valence-corrected chi connectivity index (χ4v) is 3.29. The number of rotatable bonds is 10. The Bertz CT molecular complexity index is 1080. The van der Waals surface area contributed by atoms with Crippen LogP contribution in [0.1, 0.15) is 30.2 Å². The van der Waals surface area contributed by atoms with E-state index in [-0.39, 0.29) is 0 Å². The molecule has 172 valence electrons. The zero-order valence-corrected chi connectivity index (χ0v) is 19.2. The Morgan fingerprint density at radius 1 is 1.15 bits per heavy atom. The number of guanidine groups is 1. The molecule has 0 fully saturated rings. The second-order valence-electron chi connectivity index (χ2n) is 7.52. The van der Waals surface area contributed by atoms with Crippen molar-refractivity contribution < 1.29 is 4.74 Å². The number of ether oxygens (including phenoxy) is 1. The van der Waals surface area contributed by atoms with Gasteiger partial charge < -0.3 is 21.1 Å². The van der Waals surface area contributed by atoms with E-state index in [1.165, 1.54) is 5.56 Å². The number of anilines is 1. The van der Waals surface area contributed by atoms with Crippen LogP contribution in [0.4, 0.5) is 5.82 Å². The van der Waals surface area contributed by atoms with E-state index in [2.05, 4.69) is 33.7 Å². The number of aryl methyl sites for hydroxylation is 2. The molecule has 33 heavy (non-hydrogen) atoms. The minimum Gasteiger partial charge on any atom is -0.492 e. The molecule has 0 aliphatic rings. The van der Waals surface area contributed by atoms with Crippen LogP contribution < -0.4 is 21.1 Å². The maximum absolute atomic E-state index is 9.55. The van der Waals surface area contributed by atoms with E-state index in [9.17, 15) is 5.26 Å². The molecule has 4 N–H and O–H groups in total. The van der Waals surface area contributed by atoms with Gasteiger partial charge in [-0.3, -0.25) is 4.99 Å². The molecule has 3 rings (SSSR count). The molecule has 0 amide bonds. The van der Waals surface area contributed by atoms with Crippen molar-refractivity contribution in [3.8, 4) is 17.5 Å². The number of nitrogens with two attached hydrogens (primary N) is 1. The molecule has 0 saturated carbocycles. The van der Waals surface area contributed by atoms with Gasteiger partial charge in [-0.1, -0.05) is 35.9 Å². The third-order valence-electron chi connectivity index (χ3n) is 4.98. The first kappa shape index (κ1) is 23.7.